The average molecular weight is 471 g/mol. The molecule has 0 radical (unpaired) electrons. The number of fused-ring (bicyclic) bond motifs is 5. The molecule has 3 fully saturated rings. The third-order valence-electron chi connectivity index (χ3n) is 6.59. The van der Waals surface area contributed by atoms with Crippen molar-refractivity contribution in [2.45, 2.75) is 37.5 Å². The summed E-state index contributed by atoms with van der Waals surface area (Å²) in [6, 6.07) is 12.4. The molecule has 172 valence electrons. The summed E-state index contributed by atoms with van der Waals surface area (Å²) in [6.45, 7) is -0.159. The Hall–Kier alpha value is -3.10. The maximum atomic E-state index is 13.3. The number of benzene rings is 2. The molecule has 8 nitrogen and oxygen atoms in total. The van der Waals surface area contributed by atoms with Crippen LogP contribution in [0.25, 0.3) is 0 Å². The molecule has 33 heavy (non-hydrogen) atoms. The number of likely N-dealkylation sites (tertiary alicyclic amines) is 1. The minimum absolute atomic E-state index is 0.116. The van der Waals surface area contributed by atoms with Crippen LogP contribution in [0.2, 0.25) is 5.02 Å². The summed E-state index contributed by atoms with van der Waals surface area (Å²) >= 11 is 5.87. The molecule has 2 aromatic rings. The fraction of sp³-hybridized carbons (Fsp3) is 0.375. The van der Waals surface area contributed by atoms with Crippen LogP contribution in [0.3, 0.4) is 0 Å². The van der Waals surface area contributed by atoms with Crippen LogP contribution < -0.4 is 5.32 Å². The lowest BCUT2D eigenvalue weighted by Crippen LogP contribution is -2.46. The summed E-state index contributed by atoms with van der Waals surface area (Å²) in [4.78, 5) is 40.2. The highest BCUT2D eigenvalue weighted by Gasteiger charge is 2.63. The van der Waals surface area contributed by atoms with Gasteiger partial charge in [-0.05, 0) is 61.2 Å². The number of nitrogens with one attached hydrogen (secondary N) is 1. The fourth-order valence-electron chi connectivity index (χ4n) is 5.08. The van der Waals surface area contributed by atoms with E-state index in [2.05, 4.69) is 5.32 Å². The predicted octanol–water partition coefficient (Wildman–Crippen LogP) is 3.37. The molecule has 3 aliphatic rings. The first kappa shape index (κ1) is 21.7. The normalized spacial score (nSPS) is 26.4. The summed E-state index contributed by atoms with van der Waals surface area (Å²) in [5, 5.41) is 12.7. The number of anilines is 1. The topological polar surface area (TPSA) is 105 Å². The first-order valence-electron chi connectivity index (χ1n) is 10.9. The minimum atomic E-state index is -0.698. The molecule has 3 heterocycles. The van der Waals surface area contributed by atoms with Crippen LogP contribution in [-0.4, -0.2) is 52.8 Å². The quantitative estimate of drug-likeness (QED) is 0.627. The largest absolute Gasteiger partial charge is 0.508 e. The zero-order valence-corrected chi connectivity index (χ0v) is 18.4. The highest BCUT2D eigenvalue weighted by atomic mass is 35.5. The second-order valence-corrected chi connectivity index (χ2v) is 9.08. The van der Waals surface area contributed by atoms with Gasteiger partial charge in [-0.1, -0.05) is 23.7 Å². The van der Waals surface area contributed by atoms with Gasteiger partial charge in [-0.2, -0.15) is 0 Å². The number of amides is 3. The number of hydrogen-bond donors (Lipinski definition) is 2. The number of ether oxygens (including phenoxy) is 2. The Kier molecular flexibility index (Phi) is 5.72. The van der Waals surface area contributed by atoms with Gasteiger partial charge in [-0.25, -0.2) is 4.79 Å². The lowest BCUT2D eigenvalue weighted by atomic mass is 9.81. The van der Waals surface area contributed by atoms with E-state index in [0.717, 1.165) is 18.4 Å². The van der Waals surface area contributed by atoms with Crippen molar-refractivity contribution in [2.24, 2.45) is 11.8 Å². The minimum Gasteiger partial charge on any atom is -0.508 e. The van der Waals surface area contributed by atoms with Gasteiger partial charge in [0.15, 0.2) is 0 Å². The molecular formula is C24H23ClN2O6. The molecule has 2 N–H and O–H groups in total. The summed E-state index contributed by atoms with van der Waals surface area (Å²) in [6.07, 6.45) is 0.718. The van der Waals surface area contributed by atoms with Gasteiger partial charge in [0, 0.05) is 10.7 Å². The number of hydrogen-bond acceptors (Lipinski definition) is 6. The molecule has 5 rings (SSSR count). The van der Waals surface area contributed by atoms with Gasteiger partial charge in [-0.3, -0.25) is 19.8 Å². The van der Waals surface area contributed by atoms with Crippen LogP contribution in [0.4, 0.5) is 10.5 Å². The van der Waals surface area contributed by atoms with Crippen LogP contribution in [0.1, 0.15) is 18.4 Å². The van der Waals surface area contributed by atoms with Crippen molar-refractivity contribution < 1.29 is 29.0 Å². The summed E-state index contributed by atoms with van der Waals surface area (Å²) in [5.41, 5.74) is 1.31. The Labute approximate surface area is 195 Å². The lowest BCUT2D eigenvalue weighted by molar-refractivity contribution is -0.146. The zero-order chi connectivity index (χ0) is 23.1. The molecule has 2 aromatic carbocycles. The average Bonchev–Trinajstić information content (AvgIpc) is 3.48. The second kappa shape index (κ2) is 8.68. The van der Waals surface area contributed by atoms with E-state index in [9.17, 15) is 19.5 Å². The highest BCUT2D eigenvalue weighted by Crippen LogP contribution is 2.49. The third kappa shape index (κ3) is 4.16. The molecule has 5 atom stereocenters. The summed E-state index contributed by atoms with van der Waals surface area (Å²) in [7, 11) is 0. The fourth-order valence-corrected chi connectivity index (χ4v) is 5.21. The van der Waals surface area contributed by atoms with Crippen LogP contribution in [0, 0.1) is 11.8 Å². The first-order valence-corrected chi connectivity index (χ1v) is 11.3. The van der Waals surface area contributed by atoms with Crippen LogP contribution in [0.5, 0.6) is 5.75 Å². The van der Waals surface area contributed by atoms with E-state index in [-0.39, 0.29) is 36.4 Å². The number of aromatic hydroxyl groups is 1. The first-order chi connectivity index (χ1) is 15.9. The molecular weight excluding hydrogens is 448 g/mol. The van der Waals surface area contributed by atoms with E-state index >= 15 is 0 Å². The Bertz CT molecular complexity index is 1050. The van der Waals surface area contributed by atoms with Crippen molar-refractivity contribution in [1.29, 1.82) is 0 Å². The van der Waals surface area contributed by atoms with Crippen molar-refractivity contribution in [3.05, 3.63) is 59.1 Å². The van der Waals surface area contributed by atoms with E-state index in [1.165, 1.54) is 17.0 Å². The third-order valence-corrected chi connectivity index (χ3v) is 6.84. The molecule has 0 saturated carbocycles. The van der Waals surface area contributed by atoms with Crippen molar-refractivity contribution >= 4 is 35.2 Å². The Morgan fingerprint density at radius 3 is 2.27 bits per heavy atom. The Morgan fingerprint density at radius 2 is 1.67 bits per heavy atom. The van der Waals surface area contributed by atoms with Gasteiger partial charge < -0.3 is 14.6 Å². The van der Waals surface area contributed by atoms with Crippen molar-refractivity contribution in [2.75, 3.05) is 11.9 Å². The summed E-state index contributed by atoms with van der Waals surface area (Å²) in [5.74, 6) is -1.32. The monoisotopic (exact) mass is 470 g/mol. The predicted molar refractivity (Wildman–Crippen MR) is 119 cm³/mol. The van der Waals surface area contributed by atoms with Crippen LogP contribution in [-0.2, 0) is 25.5 Å². The standard InChI is InChI=1S/C24H23ClN2O6/c25-14-3-5-15(6-4-14)26-24(31)32-12-16(11-13-1-7-17(28)8-2-13)27-22(29)20-18-9-10-19(33-18)21(20)23(27)30/h1-8,16,18-21,28H,9-12H2,(H,26,31). The molecule has 2 bridgehead atoms. The van der Waals surface area contributed by atoms with E-state index < -0.39 is 24.0 Å². The summed E-state index contributed by atoms with van der Waals surface area (Å²) < 4.78 is 11.2. The molecule has 0 aromatic heterocycles. The SMILES string of the molecule is O=C(Nc1ccc(Cl)cc1)OCC(Cc1ccc(O)cc1)N1C(=O)C2C3CCC(O3)C2C1=O. The van der Waals surface area contributed by atoms with Gasteiger partial charge in [-0.15, -0.1) is 0 Å². The van der Waals surface area contributed by atoms with Gasteiger partial charge >= 0.3 is 6.09 Å². The maximum absolute atomic E-state index is 13.3. The number of rotatable bonds is 6. The zero-order valence-electron chi connectivity index (χ0n) is 17.6. The molecule has 0 spiro atoms. The molecule has 0 aliphatic carbocycles. The van der Waals surface area contributed by atoms with Crippen molar-refractivity contribution in [1.82, 2.24) is 4.90 Å². The number of halogens is 1. The van der Waals surface area contributed by atoms with Crippen LogP contribution in [0.15, 0.2) is 48.5 Å². The van der Waals surface area contributed by atoms with E-state index in [1.807, 2.05) is 0 Å². The molecule has 9 heteroatoms. The molecule has 3 saturated heterocycles. The maximum Gasteiger partial charge on any atom is 0.411 e. The number of nitrogens with zero attached hydrogens (tertiary/aromatic N) is 1. The van der Waals surface area contributed by atoms with Crippen molar-refractivity contribution in [3.8, 4) is 5.75 Å². The van der Waals surface area contributed by atoms with Crippen LogP contribution >= 0.6 is 11.6 Å². The number of carbonyl (C=O) groups is 3. The Morgan fingerprint density at radius 1 is 1.06 bits per heavy atom. The number of phenolic OH excluding ortho intramolecular Hbond substituents is 1. The van der Waals surface area contributed by atoms with Crippen molar-refractivity contribution in [3.63, 3.8) is 0 Å². The number of carbonyl (C=O) groups excluding carboxylic acids is 3. The smallest absolute Gasteiger partial charge is 0.411 e. The number of phenols is 1. The van der Waals surface area contributed by atoms with E-state index in [4.69, 9.17) is 21.1 Å². The van der Waals surface area contributed by atoms with Gasteiger partial charge in [0.05, 0.1) is 30.1 Å². The van der Waals surface area contributed by atoms with E-state index in [0.29, 0.717) is 17.1 Å². The van der Waals surface area contributed by atoms with Gasteiger partial charge in [0.25, 0.3) is 0 Å². The Balaban J connectivity index is 1.32. The highest BCUT2D eigenvalue weighted by molar-refractivity contribution is 6.30. The number of imide groups is 1. The molecule has 5 unspecified atom stereocenters. The molecule has 3 amide bonds. The van der Waals surface area contributed by atoms with Gasteiger partial charge in [0.1, 0.15) is 12.4 Å². The molecule has 3 aliphatic heterocycles. The lowest BCUT2D eigenvalue weighted by Gasteiger charge is -2.27. The second-order valence-electron chi connectivity index (χ2n) is 8.64. The van der Waals surface area contributed by atoms with Gasteiger partial charge in [0.2, 0.25) is 11.8 Å². The van der Waals surface area contributed by atoms with E-state index in [1.54, 1.807) is 36.4 Å².